The van der Waals surface area contributed by atoms with Crippen LogP contribution in [0.4, 0.5) is 10.5 Å². The number of non-ortho nitro benzene ring substituents is 1. The molecule has 3 rings (SSSR count). The maximum absolute atomic E-state index is 12.4. The van der Waals surface area contributed by atoms with Gasteiger partial charge in [0.15, 0.2) is 0 Å². The van der Waals surface area contributed by atoms with Gasteiger partial charge in [-0.05, 0) is 85.1 Å². The molecule has 7 nitrogen and oxygen atoms in total. The lowest BCUT2D eigenvalue weighted by atomic mass is 10.2. The topological polar surface area (TPSA) is 89.8 Å². The third kappa shape index (κ3) is 5.00. The zero-order valence-corrected chi connectivity index (χ0v) is 19.3. The number of imide groups is 1. The molecule has 2 aromatic carbocycles. The molecule has 1 aliphatic heterocycles. The van der Waals surface area contributed by atoms with E-state index in [1.165, 1.54) is 18.2 Å². The lowest BCUT2D eigenvalue weighted by Gasteiger charge is -2.12. The summed E-state index contributed by atoms with van der Waals surface area (Å²) in [5.41, 5.74) is 1.50. The number of carbonyl (C=O) groups excluding carboxylic acids is 2. The van der Waals surface area contributed by atoms with Crippen LogP contribution in [0.3, 0.4) is 0 Å². The van der Waals surface area contributed by atoms with E-state index in [1.54, 1.807) is 30.3 Å². The number of nitro benzene ring substituents is 1. The van der Waals surface area contributed by atoms with E-state index in [1.807, 2.05) is 0 Å². The summed E-state index contributed by atoms with van der Waals surface area (Å²) in [6.45, 7) is 3.94. The highest BCUT2D eigenvalue weighted by atomic mass is 79.9. The molecule has 2 amide bonds. The molecule has 10 heteroatoms. The summed E-state index contributed by atoms with van der Waals surface area (Å²) in [5, 5.41) is 10.4. The number of nitro groups is 1. The molecule has 2 aromatic rings. The van der Waals surface area contributed by atoms with Crippen molar-refractivity contribution in [3.63, 3.8) is 0 Å². The third-order valence-corrected chi connectivity index (χ3v) is 6.12. The molecule has 0 aromatic heterocycles. The van der Waals surface area contributed by atoms with Gasteiger partial charge < -0.3 is 4.74 Å². The molecule has 0 bridgehead atoms. The lowest BCUT2D eigenvalue weighted by Crippen LogP contribution is -2.27. The van der Waals surface area contributed by atoms with Gasteiger partial charge >= 0.3 is 0 Å². The highest BCUT2D eigenvalue weighted by Gasteiger charge is 2.34. The third-order valence-electron chi connectivity index (χ3n) is 4.03. The van der Waals surface area contributed by atoms with Crippen molar-refractivity contribution < 1.29 is 19.2 Å². The highest BCUT2D eigenvalue weighted by molar-refractivity contribution is 9.11. The van der Waals surface area contributed by atoms with E-state index in [9.17, 15) is 19.7 Å². The number of benzene rings is 2. The van der Waals surface area contributed by atoms with Gasteiger partial charge in [-0.15, -0.1) is 6.58 Å². The summed E-state index contributed by atoms with van der Waals surface area (Å²) in [4.78, 5) is 36.0. The van der Waals surface area contributed by atoms with Crippen molar-refractivity contribution in [1.82, 2.24) is 4.90 Å². The average Bonchev–Trinajstić information content (AvgIpc) is 2.95. The summed E-state index contributed by atoms with van der Waals surface area (Å²) >= 11 is 7.80. The molecule has 0 aliphatic carbocycles. The van der Waals surface area contributed by atoms with Crippen LogP contribution < -0.4 is 4.74 Å². The van der Waals surface area contributed by atoms with Gasteiger partial charge in [-0.25, -0.2) is 0 Å². The van der Waals surface area contributed by atoms with E-state index >= 15 is 0 Å². The van der Waals surface area contributed by atoms with Gasteiger partial charge in [-0.1, -0.05) is 6.08 Å². The molecule has 1 aliphatic rings. The first-order chi connectivity index (χ1) is 14.3. The number of amides is 2. The molecule has 0 saturated carbocycles. The fourth-order valence-corrected chi connectivity index (χ4v) is 4.91. The Hall–Kier alpha value is -2.43. The highest BCUT2D eigenvalue weighted by Crippen LogP contribution is 2.38. The molecule has 1 fully saturated rings. The van der Waals surface area contributed by atoms with Crippen LogP contribution in [0.15, 0.2) is 62.9 Å². The van der Waals surface area contributed by atoms with Crippen LogP contribution in [0.1, 0.15) is 11.1 Å². The van der Waals surface area contributed by atoms with E-state index in [2.05, 4.69) is 38.4 Å². The number of halogens is 2. The molecular weight excluding hydrogens is 540 g/mol. The zero-order chi connectivity index (χ0) is 21.8. The standard InChI is InChI=1S/C20H14Br2N2O5S/c1-2-7-23-19(25)17(30-20(23)26)10-13-8-15(21)18(16(22)9-13)29-11-12-3-5-14(6-4-12)24(27)28/h2-6,8-10H,1,7,11H2/b17-10+. The van der Waals surface area contributed by atoms with Crippen LogP contribution in [0.5, 0.6) is 5.75 Å². The van der Waals surface area contributed by atoms with E-state index in [4.69, 9.17) is 4.74 Å². The number of thioether (sulfide) groups is 1. The minimum Gasteiger partial charge on any atom is -0.487 e. The number of hydrogen-bond acceptors (Lipinski definition) is 6. The summed E-state index contributed by atoms with van der Waals surface area (Å²) in [7, 11) is 0. The molecule has 0 unspecified atom stereocenters. The van der Waals surface area contributed by atoms with Gasteiger partial charge in [0, 0.05) is 18.7 Å². The van der Waals surface area contributed by atoms with Crippen molar-refractivity contribution in [3.05, 3.63) is 84.1 Å². The van der Waals surface area contributed by atoms with Gasteiger partial charge in [0.2, 0.25) is 0 Å². The molecule has 0 atom stereocenters. The molecular formula is C20H14Br2N2O5S. The summed E-state index contributed by atoms with van der Waals surface area (Å²) in [6.07, 6.45) is 3.15. The van der Waals surface area contributed by atoms with Crippen LogP contribution in [0, 0.1) is 10.1 Å². The van der Waals surface area contributed by atoms with Crippen molar-refractivity contribution >= 4 is 66.5 Å². The zero-order valence-electron chi connectivity index (χ0n) is 15.3. The van der Waals surface area contributed by atoms with Crippen molar-refractivity contribution in [2.24, 2.45) is 0 Å². The Kier molecular flexibility index (Phi) is 7.11. The number of nitrogens with zero attached hydrogens (tertiary/aromatic N) is 2. The van der Waals surface area contributed by atoms with Crippen LogP contribution in [-0.4, -0.2) is 27.5 Å². The number of rotatable bonds is 7. The van der Waals surface area contributed by atoms with Gasteiger partial charge in [0.05, 0.1) is 18.8 Å². The molecule has 30 heavy (non-hydrogen) atoms. The Labute approximate surface area is 193 Å². The molecule has 0 N–H and O–H groups in total. The minimum absolute atomic E-state index is 0.0166. The smallest absolute Gasteiger partial charge is 0.293 e. The predicted molar refractivity (Wildman–Crippen MR) is 122 cm³/mol. The number of carbonyl (C=O) groups is 2. The Balaban J connectivity index is 1.75. The second kappa shape index (κ2) is 9.59. The van der Waals surface area contributed by atoms with Crippen molar-refractivity contribution in [1.29, 1.82) is 0 Å². The average molecular weight is 554 g/mol. The first-order valence-electron chi connectivity index (χ1n) is 8.51. The fourth-order valence-electron chi connectivity index (χ4n) is 2.61. The lowest BCUT2D eigenvalue weighted by molar-refractivity contribution is -0.384. The number of ether oxygens (including phenoxy) is 1. The van der Waals surface area contributed by atoms with E-state index in [0.29, 0.717) is 25.2 Å². The molecule has 1 heterocycles. The van der Waals surface area contributed by atoms with E-state index in [-0.39, 0.29) is 30.0 Å². The van der Waals surface area contributed by atoms with E-state index < -0.39 is 4.92 Å². The first-order valence-corrected chi connectivity index (χ1v) is 10.9. The molecule has 0 spiro atoms. The van der Waals surface area contributed by atoms with E-state index in [0.717, 1.165) is 22.2 Å². The molecule has 0 radical (unpaired) electrons. The second-order valence-corrected chi connectivity index (χ2v) is 8.81. The maximum atomic E-state index is 12.4. The summed E-state index contributed by atoms with van der Waals surface area (Å²) in [5.74, 6) is 0.195. The number of hydrogen-bond donors (Lipinski definition) is 0. The Morgan fingerprint density at radius 2 is 1.80 bits per heavy atom. The van der Waals surface area contributed by atoms with Gasteiger partial charge in [-0.3, -0.25) is 24.6 Å². The Bertz CT molecular complexity index is 1050. The van der Waals surface area contributed by atoms with Crippen LogP contribution in [0.25, 0.3) is 6.08 Å². The van der Waals surface area contributed by atoms with Crippen LogP contribution in [-0.2, 0) is 11.4 Å². The summed E-state index contributed by atoms with van der Waals surface area (Å²) < 4.78 is 7.13. The van der Waals surface area contributed by atoms with Gasteiger partial charge in [-0.2, -0.15) is 0 Å². The largest absolute Gasteiger partial charge is 0.487 e. The SMILES string of the molecule is C=CCN1C(=O)S/C(=C/c2cc(Br)c(OCc3ccc([N+](=O)[O-])cc3)c(Br)c2)C1=O. The van der Waals surface area contributed by atoms with Gasteiger partial charge in [0.25, 0.3) is 16.8 Å². The van der Waals surface area contributed by atoms with Crippen molar-refractivity contribution in [2.75, 3.05) is 6.54 Å². The van der Waals surface area contributed by atoms with Crippen LogP contribution >= 0.6 is 43.6 Å². The summed E-state index contributed by atoms with van der Waals surface area (Å²) in [6, 6.07) is 9.66. The van der Waals surface area contributed by atoms with Crippen molar-refractivity contribution in [2.45, 2.75) is 6.61 Å². The fraction of sp³-hybridized carbons (Fsp3) is 0.100. The van der Waals surface area contributed by atoms with Crippen LogP contribution in [0.2, 0.25) is 0 Å². The normalized spacial score (nSPS) is 15.0. The predicted octanol–water partition coefficient (Wildman–Crippen LogP) is 5.92. The Morgan fingerprint density at radius 1 is 1.17 bits per heavy atom. The quantitative estimate of drug-likeness (QED) is 0.183. The molecule has 154 valence electrons. The Morgan fingerprint density at radius 3 is 2.37 bits per heavy atom. The van der Waals surface area contributed by atoms with Crippen molar-refractivity contribution in [3.8, 4) is 5.75 Å². The monoisotopic (exact) mass is 552 g/mol. The second-order valence-electron chi connectivity index (χ2n) is 6.11. The minimum atomic E-state index is -0.456. The first kappa shape index (κ1) is 22.3. The maximum Gasteiger partial charge on any atom is 0.293 e. The molecule has 1 saturated heterocycles. The van der Waals surface area contributed by atoms with Gasteiger partial charge in [0.1, 0.15) is 12.4 Å².